The molecule has 3 rings (SSSR count). The fourth-order valence-corrected chi connectivity index (χ4v) is 3.66. The van der Waals surface area contributed by atoms with Crippen molar-refractivity contribution >= 4 is 17.5 Å². The smallest absolute Gasteiger partial charge is 0.226 e. The zero-order valence-corrected chi connectivity index (χ0v) is 12.1. The van der Waals surface area contributed by atoms with Crippen LogP contribution in [0.15, 0.2) is 30.3 Å². The Balaban J connectivity index is 1.95. The quantitative estimate of drug-likeness (QED) is 0.830. The molecule has 2 saturated heterocycles. The number of aliphatic hydroxyl groups is 1. The zero-order valence-electron chi connectivity index (χ0n) is 11.3. The van der Waals surface area contributed by atoms with E-state index in [0.29, 0.717) is 18.9 Å². The van der Waals surface area contributed by atoms with Gasteiger partial charge in [-0.2, -0.15) is 0 Å². The molecule has 0 spiro atoms. The molecule has 1 amide bonds. The number of halogens is 1. The van der Waals surface area contributed by atoms with Gasteiger partial charge >= 0.3 is 0 Å². The number of hydrogen-bond donors (Lipinski definition) is 2. The van der Waals surface area contributed by atoms with Gasteiger partial charge in [-0.05, 0) is 18.9 Å². The first-order valence-corrected chi connectivity index (χ1v) is 7.33. The first-order chi connectivity index (χ1) is 9.55. The van der Waals surface area contributed by atoms with Gasteiger partial charge in [0.15, 0.2) is 0 Å². The van der Waals surface area contributed by atoms with Gasteiger partial charge in [-0.3, -0.25) is 4.79 Å². The third kappa shape index (κ3) is 1.65. The van der Waals surface area contributed by atoms with Gasteiger partial charge in [0.25, 0.3) is 0 Å². The third-order valence-electron chi connectivity index (χ3n) is 4.79. The average Bonchev–Trinajstić information content (AvgIpc) is 2.61. The molecular weight excluding hydrogens is 278 g/mol. The lowest BCUT2D eigenvalue weighted by atomic mass is 9.67. The van der Waals surface area contributed by atoms with Crippen LogP contribution in [0.25, 0.3) is 0 Å². The molecule has 1 unspecified atom stereocenters. The first-order valence-electron chi connectivity index (χ1n) is 6.80. The number of nitrogens with one attached hydrogen (secondary N) is 1. The van der Waals surface area contributed by atoms with E-state index >= 15 is 0 Å². The molecule has 0 aromatic heterocycles. The van der Waals surface area contributed by atoms with Gasteiger partial charge in [0.2, 0.25) is 5.91 Å². The molecule has 2 fully saturated rings. The summed E-state index contributed by atoms with van der Waals surface area (Å²) in [5.41, 5.74) is -0.662. The maximum absolute atomic E-state index is 12.2. The highest BCUT2D eigenvalue weighted by Gasteiger charge is 2.71. The van der Waals surface area contributed by atoms with Crippen LogP contribution in [0.1, 0.15) is 25.0 Å². The second-order valence-electron chi connectivity index (χ2n) is 5.70. The third-order valence-corrected chi connectivity index (χ3v) is 5.01. The zero-order chi connectivity index (χ0) is 14.4. The molecule has 1 aromatic carbocycles. The summed E-state index contributed by atoms with van der Waals surface area (Å²) in [5.74, 6) is 0.00176. The molecule has 5 heteroatoms. The standard InChI is InChI=1S/C15H18ClNO3/c1-14-11(7-8-16)13(19)17-15(14,9-20-14)12(18)10-5-3-2-4-6-10/h2-6,11-12,18H,7-9H2,1H3,(H,17,19)/t11-,12?,14-,15+/m0/s1. The lowest BCUT2D eigenvalue weighted by Crippen LogP contribution is -2.73. The van der Waals surface area contributed by atoms with E-state index in [-0.39, 0.29) is 11.8 Å². The summed E-state index contributed by atoms with van der Waals surface area (Å²) < 4.78 is 5.72. The number of carbonyl (C=O) groups excluding carboxylic acids is 1. The SMILES string of the molecule is C[C@@]12OC[C@]1(C(O)c1ccccc1)NC(=O)[C@@H]2CCCl. The molecule has 4 atom stereocenters. The fourth-order valence-electron chi connectivity index (χ4n) is 3.44. The number of aliphatic hydroxyl groups excluding tert-OH is 1. The van der Waals surface area contributed by atoms with Crippen molar-refractivity contribution in [3.63, 3.8) is 0 Å². The molecule has 108 valence electrons. The molecule has 2 N–H and O–H groups in total. The van der Waals surface area contributed by atoms with E-state index in [9.17, 15) is 9.90 Å². The van der Waals surface area contributed by atoms with Crippen molar-refractivity contribution in [2.75, 3.05) is 12.5 Å². The Morgan fingerprint density at radius 3 is 2.75 bits per heavy atom. The maximum Gasteiger partial charge on any atom is 0.226 e. The normalized spacial score (nSPS) is 37.0. The molecule has 0 aliphatic carbocycles. The van der Waals surface area contributed by atoms with Crippen molar-refractivity contribution in [2.45, 2.75) is 30.6 Å². The molecule has 0 bridgehead atoms. The molecule has 1 aromatic rings. The van der Waals surface area contributed by atoms with Crippen LogP contribution in [0.4, 0.5) is 0 Å². The molecule has 2 aliphatic heterocycles. The monoisotopic (exact) mass is 295 g/mol. The van der Waals surface area contributed by atoms with Crippen molar-refractivity contribution in [3.05, 3.63) is 35.9 Å². The van der Waals surface area contributed by atoms with Gasteiger partial charge in [-0.1, -0.05) is 30.3 Å². The van der Waals surface area contributed by atoms with Crippen LogP contribution < -0.4 is 5.32 Å². The van der Waals surface area contributed by atoms with E-state index in [4.69, 9.17) is 16.3 Å². The van der Waals surface area contributed by atoms with Gasteiger partial charge in [0.05, 0.1) is 12.5 Å². The predicted molar refractivity (Wildman–Crippen MR) is 75.5 cm³/mol. The van der Waals surface area contributed by atoms with Crippen molar-refractivity contribution in [2.24, 2.45) is 5.92 Å². The van der Waals surface area contributed by atoms with Crippen LogP contribution in [0.3, 0.4) is 0 Å². The second kappa shape index (κ2) is 4.72. The van der Waals surface area contributed by atoms with Gasteiger partial charge < -0.3 is 15.2 Å². The summed E-state index contributed by atoms with van der Waals surface area (Å²) in [6.07, 6.45) is -0.237. The summed E-state index contributed by atoms with van der Waals surface area (Å²) >= 11 is 5.79. The minimum Gasteiger partial charge on any atom is -0.386 e. The Kier molecular flexibility index (Phi) is 3.27. The summed E-state index contributed by atoms with van der Waals surface area (Å²) in [6, 6.07) is 9.37. The van der Waals surface area contributed by atoms with Crippen LogP contribution in [-0.2, 0) is 9.53 Å². The molecule has 4 nitrogen and oxygen atoms in total. The van der Waals surface area contributed by atoms with Crippen LogP contribution in [0, 0.1) is 5.92 Å². The number of amides is 1. The molecule has 20 heavy (non-hydrogen) atoms. The van der Waals surface area contributed by atoms with Gasteiger partial charge in [0.1, 0.15) is 17.2 Å². The summed E-state index contributed by atoms with van der Waals surface area (Å²) in [5, 5.41) is 13.7. The number of fused-ring (bicyclic) bond motifs is 1. The van der Waals surface area contributed by atoms with Gasteiger partial charge in [-0.25, -0.2) is 0 Å². The largest absolute Gasteiger partial charge is 0.386 e. The van der Waals surface area contributed by atoms with Crippen LogP contribution in [-0.4, -0.2) is 34.6 Å². The fraction of sp³-hybridized carbons (Fsp3) is 0.533. The highest BCUT2D eigenvalue weighted by Crippen LogP contribution is 2.54. The van der Waals surface area contributed by atoms with E-state index < -0.39 is 17.2 Å². The minimum absolute atomic E-state index is 0.0827. The van der Waals surface area contributed by atoms with Crippen LogP contribution >= 0.6 is 11.6 Å². The summed E-state index contributed by atoms with van der Waals surface area (Å²) in [7, 11) is 0. The number of hydrogen-bond acceptors (Lipinski definition) is 3. The number of alkyl halides is 1. The molecule has 0 saturated carbocycles. The van der Waals surface area contributed by atoms with E-state index in [1.165, 1.54) is 0 Å². The van der Waals surface area contributed by atoms with Crippen molar-refractivity contribution in [1.82, 2.24) is 5.32 Å². The Hall–Kier alpha value is -1.10. The van der Waals surface area contributed by atoms with Crippen molar-refractivity contribution in [1.29, 1.82) is 0 Å². The number of rotatable bonds is 4. The average molecular weight is 296 g/mol. The second-order valence-corrected chi connectivity index (χ2v) is 6.08. The van der Waals surface area contributed by atoms with Gasteiger partial charge in [-0.15, -0.1) is 11.6 Å². The molecule has 2 aliphatic rings. The predicted octanol–water partition coefficient (Wildman–Crippen LogP) is 1.62. The lowest BCUT2D eigenvalue weighted by molar-refractivity contribution is -0.250. The number of benzene rings is 1. The van der Waals surface area contributed by atoms with Crippen molar-refractivity contribution in [3.8, 4) is 0 Å². The van der Waals surface area contributed by atoms with E-state index in [2.05, 4.69) is 5.32 Å². The van der Waals surface area contributed by atoms with Crippen LogP contribution in [0.2, 0.25) is 0 Å². The van der Waals surface area contributed by atoms with Crippen molar-refractivity contribution < 1.29 is 14.6 Å². The molecule has 2 heterocycles. The Bertz CT molecular complexity index is 523. The maximum atomic E-state index is 12.2. The Morgan fingerprint density at radius 2 is 2.20 bits per heavy atom. The van der Waals surface area contributed by atoms with E-state index in [1.807, 2.05) is 37.3 Å². The summed E-state index contributed by atoms with van der Waals surface area (Å²) in [4.78, 5) is 12.2. The summed E-state index contributed by atoms with van der Waals surface area (Å²) in [6.45, 7) is 2.21. The molecule has 0 radical (unpaired) electrons. The Morgan fingerprint density at radius 1 is 1.50 bits per heavy atom. The van der Waals surface area contributed by atoms with E-state index in [0.717, 1.165) is 5.56 Å². The Labute approximate surface area is 123 Å². The highest BCUT2D eigenvalue weighted by molar-refractivity contribution is 6.18. The topological polar surface area (TPSA) is 58.6 Å². The van der Waals surface area contributed by atoms with Crippen LogP contribution in [0.5, 0.6) is 0 Å². The minimum atomic E-state index is -0.785. The number of ether oxygens (including phenoxy) is 1. The highest BCUT2D eigenvalue weighted by atomic mass is 35.5. The van der Waals surface area contributed by atoms with Gasteiger partial charge in [0, 0.05) is 5.88 Å². The lowest BCUT2D eigenvalue weighted by Gasteiger charge is -2.56. The first kappa shape index (κ1) is 13.9. The van der Waals surface area contributed by atoms with E-state index in [1.54, 1.807) is 0 Å². The molecular formula is C15H18ClNO3. The number of carbonyl (C=O) groups is 1.